The van der Waals surface area contributed by atoms with Crippen molar-refractivity contribution >= 4 is 21.6 Å². The van der Waals surface area contributed by atoms with E-state index in [-0.39, 0.29) is 4.90 Å². The molecule has 1 aromatic carbocycles. The molecule has 0 atom stereocenters. The fourth-order valence-corrected chi connectivity index (χ4v) is 3.12. The van der Waals surface area contributed by atoms with Gasteiger partial charge in [0.15, 0.2) is 0 Å². The standard InChI is InChI=1S/C12H19ClN2O2S/c1-3-14-8-5-9-15-18(16,17)12-7-4-6-11(13)10(12)2/h4,6-7,14-15H,3,5,8-9H2,1-2H3. The van der Waals surface area contributed by atoms with E-state index in [1.807, 2.05) is 6.92 Å². The van der Waals surface area contributed by atoms with Crippen molar-refractivity contribution in [3.8, 4) is 0 Å². The third-order valence-corrected chi connectivity index (χ3v) is 4.59. The lowest BCUT2D eigenvalue weighted by Crippen LogP contribution is -2.28. The highest BCUT2D eigenvalue weighted by Crippen LogP contribution is 2.22. The van der Waals surface area contributed by atoms with Gasteiger partial charge in [-0.25, -0.2) is 13.1 Å². The van der Waals surface area contributed by atoms with E-state index in [4.69, 9.17) is 11.6 Å². The van der Waals surface area contributed by atoms with Crippen LogP contribution in [0.4, 0.5) is 0 Å². The molecule has 6 heteroatoms. The van der Waals surface area contributed by atoms with E-state index in [9.17, 15) is 8.42 Å². The van der Waals surface area contributed by atoms with Gasteiger partial charge in [0.2, 0.25) is 10.0 Å². The summed E-state index contributed by atoms with van der Waals surface area (Å²) in [6, 6.07) is 4.89. The average Bonchev–Trinajstić information content (AvgIpc) is 2.32. The summed E-state index contributed by atoms with van der Waals surface area (Å²) in [5.74, 6) is 0. The molecule has 0 aromatic heterocycles. The van der Waals surface area contributed by atoms with Crippen LogP contribution in [0.3, 0.4) is 0 Å². The van der Waals surface area contributed by atoms with Gasteiger partial charge in [-0.3, -0.25) is 0 Å². The van der Waals surface area contributed by atoms with Crippen LogP contribution in [0.1, 0.15) is 18.9 Å². The molecule has 0 saturated carbocycles. The predicted octanol–water partition coefficient (Wildman–Crippen LogP) is 1.93. The summed E-state index contributed by atoms with van der Waals surface area (Å²) < 4.78 is 26.7. The Balaban J connectivity index is 2.66. The molecule has 102 valence electrons. The van der Waals surface area contributed by atoms with Crippen molar-refractivity contribution in [2.75, 3.05) is 19.6 Å². The Labute approximate surface area is 114 Å². The lowest BCUT2D eigenvalue weighted by molar-refractivity contribution is 0.574. The first-order valence-corrected chi connectivity index (χ1v) is 7.80. The van der Waals surface area contributed by atoms with Crippen LogP contribution < -0.4 is 10.0 Å². The smallest absolute Gasteiger partial charge is 0.240 e. The molecule has 2 N–H and O–H groups in total. The van der Waals surface area contributed by atoms with Gasteiger partial charge < -0.3 is 5.32 Å². The lowest BCUT2D eigenvalue weighted by atomic mass is 10.2. The fourth-order valence-electron chi connectivity index (χ4n) is 1.55. The lowest BCUT2D eigenvalue weighted by Gasteiger charge is -2.10. The van der Waals surface area contributed by atoms with Crippen LogP contribution in [-0.4, -0.2) is 28.1 Å². The van der Waals surface area contributed by atoms with Gasteiger partial charge in [0.25, 0.3) is 0 Å². The second kappa shape index (κ2) is 7.09. The molecule has 0 aliphatic rings. The van der Waals surface area contributed by atoms with Gasteiger partial charge in [-0.15, -0.1) is 0 Å². The molecular formula is C12H19ClN2O2S. The van der Waals surface area contributed by atoms with E-state index in [2.05, 4.69) is 10.0 Å². The minimum Gasteiger partial charge on any atom is -0.317 e. The van der Waals surface area contributed by atoms with Crippen molar-refractivity contribution in [1.29, 1.82) is 0 Å². The quantitative estimate of drug-likeness (QED) is 0.755. The van der Waals surface area contributed by atoms with Gasteiger partial charge in [0, 0.05) is 11.6 Å². The molecule has 0 saturated heterocycles. The maximum absolute atomic E-state index is 12.0. The Morgan fingerprint density at radius 1 is 1.28 bits per heavy atom. The minimum absolute atomic E-state index is 0.249. The Morgan fingerprint density at radius 3 is 2.67 bits per heavy atom. The molecule has 0 aliphatic carbocycles. The second-order valence-corrected chi connectivity index (χ2v) is 6.11. The van der Waals surface area contributed by atoms with Crippen molar-refractivity contribution in [2.24, 2.45) is 0 Å². The molecule has 0 aliphatic heterocycles. The van der Waals surface area contributed by atoms with Gasteiger partial charge in [-0.2, -0.15) is 0 Å². The summed E-state index contributed by atoms with van der Waals surface area (Å²) in [5.41, 5.74) is 0.582. The van der Waals surface area contributed by atoms with E-state index in [1.165, 1.54) is 0 Å². The van der Waals surface area contributed by atoms with Gasteiger partial charge in [0.1, 0.15) is 0 Å². The van der Waals surface area contributed by atoms with E-state index < -0.39 is 10.0 Å². The second-order valence-electron chi connectivity index (χ2n) is 3.97. The highest BCUT2D eigenvalue weighted by Gasteiger charge is 2.17. The molecule has 0 amide bonds. The van der Waals surface area contributed by atoms with Crippen molar-refractivity contribution in [2.45, 2.75) is 25.2 Å². The number of rotatable bonds is 7. The number of halogens is 1. The fraction of sp³-hybridized carbons (Fsp3) is 0.500. The zero-order chi connectivity index (χ0) is 13.6. The van der Waals surface area contributed by atoms with Crippen LogP contribution in [0.25, 0.3) is 0 Å². The minimum atomic E-state index is -3.46. The van der Waals surface area contributed by atoms with Crippen LogP contribution in [0.15, 0.2) is 23.1 Å². The van der Waals surface area contributed by atoms with Gasteiger partial charge in [-0.1, -0.05) is 24.6 Å². The zero-order valence-corrected chi connectivity index (χ0v) is 12.2. The van der Waals surface area contributed by atoms with Gasteiger partial charge in [0.05, 0.1) is 4.90 Å². The Kier molecular flexibility index (Phi) is 6.08. The van der Waals surface area contributed by atoms with E-state index in [0.29, 0.717) is 17.1 Å². The first-order chi connectivity index (χ1) is 8.49. The highest BCUT2D eigenvalue weighted by atomic mass is 35.5. The van der Waals surface area contributed by atoms with Crippen LogP contribution in [0, 0.1) is 6.92 Å². The third kappa shape index (κ3) is 4.24. The molecule has 1 aromatic rings. The maximum Gasteiger partial charge on any atom is 0.240 e. The first-order valence-electron chi connectivity index (χ1n) is 5.94. The first kappa shape index (κ1) is 15.4. The predicted molar refractivity (Wildman–Crippen MR) is 74.5 cm³/mol. The van der Waals surface area contributed by atoms with Crippen molar-refractivity contribution < 1.29 is 8.42 Å². The Morgan fingerprint density at radius 2 is 2.00 bits per heavy atom. The van der Waals surface area contributed by atoms with Crippen LogP contribution in [0.5, 0.6) is 0 Å². The van der Waals surface area contributed by atoms with E-state index >= 15 is 0 Å². The summed E-state index contributed by atoms with van der Waals surface area (Å²) in [4.78, 5) is 0.249. The molecule has 0 fully saturated rings. The van der Waals surface area contributed by atoms with Gasteiger partial charge >= 0.3 is 0 Å². The molecule has 0 bridgehead atoms. The molecule has 0 radical (unpaired) electrons. The topological polar surface area (TPSA) is 58.2 Å². The summed E-state index contributed by atoms with van der Waals surface area (Å²) in [6.07, 6.45) is 0.757. The number of sulfonamides is 1. The monoisotopic (exact) mass is 290 g/mol. The Hall–Kier alpha value is -0.620. The van der Waals surface area contributed by atoms with E-state index in [1.54, 1.807) is 25.1 Å². The summed E-state index contributed by atoms with van der Waals surface area (Å²) >= 11 is 5.92. The molecule has 0 spiro atoms. The average molecular weight is 291 g/mol. The van der Waals surface area contributed by atoms with Crippen LogP contribution >= 0.6 is 11.6 Å². The van der Waals surface area contributed by atoms with Crippen molar-refractivity contribution in [3.63, 3.8) is 0 Å². The highest BCUT2D eigenvalue weighted by molar-refractivity contribution is 7.89. The van der Waals surface area contributed by atoms with Crippen molar-refractivity contribution in [3.05, 3.63) is 28.8 Å². The van der Waals surface area contributed by atoms with Gasteiger partial charge in [-0.05, 0) is 44.1 Å². The molecule has 0 unspecified atom stereocenters. The normalized spacial score (nSPS) is 11.7. The number of hydrogen-bond acceptors (Lipinski definition) is 3. The largest absolute Gasteiger partial charge is 0.317 e. The summed E-state index contributed by atoms with van der Waals surface area (Å²) in [5, 5.41) is 3.60. The van der Waals surface area contributed by atoms with Crippen LogP contribution in [0.2, 0.25) is 5.02 Å². The molecule has 18 heavy (non-hydrogen) atoms. The third-order valence-electron chi connectivity index (χ3n) is 2.58. The zero-order valence-electron chi connectivity index (χ0n) is 10.7. The molecule has 1 rings (SSSR count). The van der Waals surface area contributed by atoms with E-state index in [0.717, 1.165) is 19.5 Å². The molecule has 0 heterocycles. The summed E-state index contributed by atoms with van der Waals surface area (Å²) in [7, 11) is -3.46. The van der Waals surface area contributed by atoms with Crippen molar-refractivity contribution in [1.82, 2.24) is 10.0 Å². The summed E-state index contributed by atoms with van der Waals surface area (Å²) in [6.45, 7) is 5.82. The molecule has 4 nitrogen and oxygen atoms in total. The molecular weight excluding hydrogens is 272 g/mol. The number of hydrogen-bond donors (Lipinski definition) is 2. The SMILES string of the molecule is CCNCCCNS(=O)(=O)c1cccc(Cl)c1C. The Bertz CT molecular complexity index is 489. The number of benzene rings is 1. The number of nitrogens with one attached hydrogen (secondary N) is 2. The maximum atomic E-state index is 12.0. The van der Waals surface area contributed by atoms with Crippen LogP contribution in [-0.2, 0) is 10.0 Å².